The van der Waals surface area contributed by atoms with Crippen molar-refractivity contribution in [3.05, 3.63) is 11.8 Å². The quantitative estimate of drug-likeness (QED) is 0.503. The fraction of sp³-hybridized carbons (Fsp3) is 0.667. The van der Waals surface area contributed by atoms with Gasteiger partial charge in [-0.05, 0) is 25.2 Å². The van der Waals surface area contributed by atoms with Crippen molar-refractivity contribution in [2.24, 2.45) is 10.9 Å². The molecule has 78 valence electrons. The van der Waals surface area contributed by atoms with Crippen LogP contribution in [0.15, 0.2) is 16.8 Å². The van der Waals surface area contributed by atoms with Gasteiger partial charge in [0.2, 0.25) is 6.08 Å². The molecule has 0 spiro atoms. The minimum Gasteiger partial charge on any atom is -0.211 e. The Kier molecular flexibility index (Phi) is 3.47. The third-order valence-corrected chi connectivity index (χ3v) is 2.20. The summed E-state index contributed by atoms with van der Waals surface area (Å²) in [7, 11) is 0. The molecule has 1 rings (SSSR count). The van der Waals surface area contributed by atoms with Crippen molar-refractivity contribution >= 4 is 6.08 Å². The monoisotopic (exact) mass is 205 g/mol. The lowest BCUT2D eigenvalue weighted by molar-refractivity contribution is -0.144. The van der Waals surface area contributed by atoms with E-state index in [0.717, 1.165) is 0 Å². The van der Waals surface area contributed by atoms with Crippen molar-refractivity contribution in [1.82, 2.24) is 0 Å². The molecule has 0 aromatic carbocycles. The lowest BCUT2D eigenvalue weighted by atomic mass is 9.90. The van der Waals surface area contributed by atoms with E-state index in [4.69, 9.17) is 0 Å². The molecule has 0 aromatic heterocycles. The molecule has 0 aliphatic heterocycles. The molecule has 0 fully saturated rings. The van der Waals surface area contributed by atoms with Gasteiger partial charge < -0.3 is 0 Å². The van der Waals surface area contributed by atoms with E-state index in [2.05, 4.69) is 4.99 Å². The third-order valence-electron chi connectivity index (χ3n) is 2.20. The number of aliphatic imine (C=N–C) groups is 1. The second-order valence-corrected chi connectivity index (χ2v) is 3.36. The summed E-state index contributed by atoms with van der Waals surface area (Å²) in [5, 5.41) is 0. The topological polar surface area (TPSA) is 29.4 Å². The van der Waals surface area contributed by atoms with Crippen molar-refractivity contribution in [2.75, 3.05) is 0 Å². The SMILES string of the molecule is O=C=NC1=CCC(CC(F)(F)F)CC1. The van der Waals surface area contributed by atoms with Gasteiger partial charge in [-0.1, -0.05) is 6.08 Å². The molecule has 1 aliphatic carbocycles. The van der Waals surface area contributed by atoms with E-state index < -0.39 is 12.6 Å². The maximum Gasteiger partial charge on any atom is 0.389 e. The molecule has 2 nitrogen and oxygen atoms in total. The molecule has 1 unspecified atom stereocenters. The van der Waals surface area contributed by atoms with Crippen molar-refractivity contribution in [3.63, 3.8) is 0 Å². The van der Waals surface area contributed by atoms with Crippen LogP contribution in [0.5, 0.6) is 0 Å². The molecule has 0 saturated heterocycles. The minimum atomic E-state index is -4.09. The normalized spacial score (nSPS) is 22.5. The number of hydrogen-bond acceptors (Lipinski definition) is 2. The van der Waals surface area contributed by atoms with Crippen LogP contribution in [0.1, 0.15) is 25.7 Å². The second-order valence-electron chi connectivity index (χ2n) is 3.36. The Hall–Kier alpha value is -1.09. The number of nitrogens with zero attached hydrogens (tertiary/aromatic N) is 1. The van der Waals surface area contributed by atoms with Crippen LogP contribution in [0.3, 0.4) is 0 Å². The van der Waals surface area contributed by atoms with E-state index >= 15 is 0 Å². The largest absolute Gasteiger partial charge is 0.389 e. The summed E-state index contributed by atoms with van der Waals surface area (Å²) in [5.74, 6) is -0.361. The highest BCUT2D eigenvalue weighted by Gasteiger charge is 2.32. The number of carbonyl (C=O) groups excluding carboxylic acids is 1. The van der Waals surface area contributed by atoms with Crippen LogP contribution in [-0.2, 0) is 4.79 Å². The zero-order chi connectivity index (χ0) is 10.6. The maximum absolute atomic E-state index is 12.0. The van der Waals surface area contributed by atoms with Crippen molar-refractivity contribution < 1.29 is 18.0 Å². The van der Waals surface area contributed by atoms with Gasteiger partial charge >= 0.3 is 6.18 Å². The summed E-state index contributed by atoms with van der Waals surface area (Å²) in [5.41, 5.74) is 0.554. The average Bonchev–Trinajstić information content (AvgIpc) is 2.06. The summed E-state index contributed by atoms with van der Waals surface area (Å²) in [6, 6.07) is 0. The van der Waals surface area contributed by atoms with Crippen LogP contribution < -0.4 is 0 Å². The van der Waals surface area contributed by atoms with Gasteiger partial charge in [-0.3, -0.25) is 0 Å². The molecule has 0 saturated carbocycles. The van der Waals surface area contributed by atoms with Gasteiger partial charge in [0.15, 0.2) is 0 Å². The van der Waals surface area contributed by atoms with E-state index in [9.17, 15) is 18.0 Å². The van der Waals surface area contributed by atoms with Gasteiger partial charge in [-0.2, -0.15) is 18.2 Å². The highest BCUT2D eigenvalue weighted by Crippen LogP contribution is 2.33. The predicted molar refractivity (Wildman–Crippen MR) is 44.2 cm³/mol. The molecule has 0 N–H and O–H groups in total. The first-order valence-corrected chi connectivity index (χ1v) is 4.35. The molecular weight excluding hydrogens is 195 g/mol. The Balaban J connectivity index is 2.46. The van der Waals surface area contributed by atoms with Crippen molar-refractivity contribution in [3.8, 4) is 0 Å². The van der Waals surface area contributed by atoms with E-state index in [-0.39, 0.29) is 5.92 Å². The zero-order valence-electron chi connectivity index (χ0n) is 7.47. The van der Waals surface area contributed by atoms with Crippen LogP contribution in [0, 0.1) is 5.92 Å². The van der Waals surface area contributed by atoms with Crippen LogP contribution in [0.2, 0.25) is 0 Å². The fourth-order valence-corrected chi connectivity index (χ4v) is 1.55. The van der Waals surface area contributed by atoms with Crippen molar-refractivity contribution in [2.45, 2.75) is 31.9 Å². The number of rotatable bonds is 2. The van der Waals surface area contributed by atoms with Gasteiger partial charge in [0.05, 0.1) is 0 Å². The average molecular weight is 205 g/mol. The molecule has 1 atom stereocenters. The minimum absolute atomic E-state index is 0.347. The van der Waals surface area contributed by atoms with Gasteiger partial charge in [0.25, 0.3) is 0 Å². The first-order valence-electron chi connectivity index (χ1n) is 4.35. The van der Waals surface area contributed by atoms with Crippen LogP contribution in [-0.4, -0.2) is 12.3 Å². The Labute approximate surface area is 79.5 Å². The molecule has 0 aromatic rings. The summed E-state index contributed by atoms with van der Waals surface area (Å²) < 4.78 is 35.9. The smallest absolute Gasteiger partial charge is 0.211 e. The van der Waals surface area contributed by atoms with Crippen molar-refractivity contribution in [1.29, 1.82) is 0 Å². The van der Waals surface area contributed by atoms with E-state index in [1.807, 2.05) is 0 Å². The molecule has 5 heteroatoms. The number of allylic oxidation sites excluding steroid dienone is 2. The Morgan fingerprint density at radius 2 is 2.29 bits per heavy atom. The molecule has 0 bridgehead atoms. The van der Waals surface area contributed by atoms with Gasteiger partial charge in [0.1, 0.15) is 0 Å². The van der Waals surface area contributed by atoms with E-state index in [1.54, 1.807) is 6.08 Å². The maximum atomic E-state index is 12.0. The second kappa shape index (κ2) is 4.42. The first-order chi connectivity index (χ1) is 6.51. The molecular formula is C9H10F3NO. The number of halogens is 3. The first kappa shape index (κ1) is 11.0. The van der Waals surface area contributed by atoms with Crippen LogP contribution in [0.25, 0.3) is 0 Å². The van der Waals surface area contributed by atoms with Gasteiger partial charge in [0, 0.05) is 12.1 Å². The van der Waals surface area contributed by atoms with E-state index in [0.29, 0.717) is 25.0 Å². The fourth-order valence-electron chi connectivity index (χ4n) is 1.55. The standard InChI is InChI=1S/C9H10F3NO/c10-9(11,12)5-7-1-3-8(4-2-7)13-6-14/h3,7H,1-2,4-5H2. The zero-order valence-corrected chi connectivity index (χ0v) is 7.47. The lowest BCUT2D eigenvalue weighted by Gasteiger charge is -2.20. The molecule has 0 radical (unpaired) electrons. The summed E-state index contributed by atoms with van der Waals surface area (Å²) in [6.45, 7) is 0. The Morgan fingerprint density at radius 3 is 2.71 bits per heavy atom. The highest BCUT2D eigenvalue weighted by atomic mass is 19.4. The van der Waals surface area contributed by atoms with E-state index in [1.165, 1.54) is 6.08 Å². The summed E-state index contributed by atoms with van der Waals surface area (Å²) in [6.07, 6.45) is -0.640. The lowest BCUT2D eigenvalue weighted by Crippen LogP contribution is -2.16. The molecule has 0 heterocycles. The highest BCUT2D eigenvalue weighted by molar-refractivity contribution is 5.37. The van der Waals surface area contributed by atoms with Crippen LogP contribution >= 0.6 is 0 Å². The van der Waals surface area contributed by atoms with Gasteiger partial charge in [-0.15, -0.1) is 0 Å². The molecule has 14 heavy (non-hydrogen) atoms. The third kappa shape index (κ3) is 3.75. The Morgan fingerprint density at radius 1 is 1.57 bits per heavy atom. The van der Waals surface area contributed by atoms with Gasteiger partial charge in [-0.25, -0.2) is 4.79 Å². The number of alkyl halides is 3. The number of isocyanates is 1. The molecule has 0 amide bonds. The summed E-state index contributed by atoms with van der Waals surface area (Å²) >= 11 is 0. The predicted octanol–water partition coefficient (Wildman–Crippen LogP) is 2.96. The Bertz CT molecular complexity index is 276. The number of hydrogen-bond donors (Lipinski definition) is 0. The molecule has 1 aliphatic rings. The summed E-state index contributed by atoms with van der Waals surface area (Å²) in [4.78, 5) is 13.3. The van der Waals surface area contributed by atoms with Crippen LogP contribution in [0.4, 0.5) is 13.2 Å².